The second kappa shape index (κ2) is 6.75. The topological polar surface area (TPSA) is 65.1 Å². The van der Waals surface area contributed by atoms with Crippen molar-refractivity contribution in [1.29, 1.82) is 0 Å². The average molecular weight is 375 g/mol. The fourth-order valence-electron chi connectivity index (χ4n) is 2.71. The number of nitrogens with two attached hydrogens (primary N) is 1. The van der Waals surface area contributed by atoms with Gasteiger partial charge in [-0.2, -0.15) is 0 Å². The highest BCUT2D eigenvalue weighted by molar-refractivity contribution is 7.91. The summed E-state index contributed by atoms with van der Waals surface area (Å²) >= 11 is 12.1. The average Bonchev–Trinajstić information content (AvgIpc) is 2.62. The fourth-order valence-corrected chi connectivity index (χ4v) is 5.07. The standard InChI is InChI=1S/C16H20Cl2N2O2S/c1-4-5-23(21,22)15-10(2)11(3)20(16(15)19)9-12-6-13(17)8-14(18)7-12/h6-8H,4-5,9,19H2,1-3H3. The van der Waals surface area contributed by atoms with Crippen LogP contribution in [0.4, 0.5) is 5.82 Å². The van der Waals surface area contributed by atoms with Gasteiger partial charge in [0.2, 0.25) is 0 Å². The van der Waals surface area contributed by atoms with Gasteiger partial charge in [0.25, 0.3) is 0 Å². The number of hydrogen-bond donors (Lipinski definition) is 1. The van der Waals surface area contributed by atoms with Gasteiger partial charge in [-0.25, -0.2) is 8.42 Å². The molecule has 1 aromatic heterocycles. The van der Waals surface area contributed by atoms with Gasteiger partial charge >= 0.3 is 0 Å². The molecule has 0 fully saturated rings. The molecule has 0 saturated carbocycles. The number of nitrogens with zero attached hydrogens (tertiary/aromatic N) is 1. The Morgan fingerprint density at radius 2 is 1.70 bits per heavy atom. The second-order valence-electron chi connectivity index (χ2n) is 5.61. The van der Waals surface area contributed by atoms with E-state index in [1.165, 1.54) is 0 Å². The maximum absolute atomic E-state index is 12.5. The number of nitrogen functional groups attached to an aromatic ring is 1. The van der Waals surface area contributed by atoms with E-state index in [0.29, 0.717) is 28.6 Å². The van der Waals surface area contributed by atoms with Gasteiger partial charge in [0.05, 0.1) is 5.75 Å². The van der Waals surface area contributed by atoms with Crippen LogP contribution in [0.3, 0.4) is 0 Å². The van der Waals surface area contributed by atoms with Crippen LogP contribution in [-0.2, 0) is 16.4 Å². The van der Waals surface area contributed by atoms with Crippen molar-refractivity contribution < 1.29 is 8.42 Å². The first-order valence-electron chi connectivity index (χ1n) is 7.30. The molecule has 7 heteroatoms. The zero-order valence-electron chi connectivity index (χ0n) is 13.4. The van der Waals surface area contributed by atoms with Crippen molar-refractivity contribution in [2.75, 3.05) is 11.5 Å². The van der Waals surface area contributed by atoms with Crippen LogP contribution in [0.15, 0.2) is 23.1 Å². The lowest BCUT2D eigenvalue weighted by atomic mass is 10.2. The molecule has 0 aliphatic heterocycles. The molecule has 0 unspecified atom stereocenters. The fraction of sp³-hybridized carbons (Fsp3) is 0.375. The van der Waals surface area contributed by atoms with E-state index >= 15 is 0 Å². The molecule has 0 aliphatic carbocycles. The quantitative estimate of drug-likeness (QED) is 0.851. The third-order valence-corrected chi connectivity index (χ3v) is 6.38. The largest absolute Gasteiger partial charge is 0.384 e. The Bertz CT molecular complexity index is 822. The van der Waals surface area contributed by atoms with Crippen LogP contribution in [0.1, 0.15) is 30.2 Å². The third kappa shape index (κ3) is 3.67. The van der Waals surface area contributed by atoms with Crippen molar-refractivity contribution in [2.45, 2.75) is 38.6 Å². The van der Waals surface area contributed by atoms with E-state index in [-0.39, 0.29) is 16.5 Å². The molecule has 0 atom stereocenters. The molecule has 1 aromatic carbocycles. The number of halogens is 2. The molecule has 0 bridgehead atoms. The van der Waals surface area contributed by atoms with Gasteiger partial charge in [-0.1, -0.05) is 30.1 Å². The Kier molecular flexibility index (Phi) is 5.33. The molecule has 0 aliphatic rings. The summed E-state index contributed by atoms with van der Waals surface area (Å²) in [5, 5.41) is 1.07. The third-order valence-electron chi connectivity index (χ3n) is 3.86. The van der Waals surface area contributed by atoms with Crippen LogP contribution in [0, 0.1) is 13.8 Å². The molecule has 2 rings (SSSR count). The lowest BCUT2D eigenvalue weighted by Gasteiger charge is -2.10. The zero-order chi connectivity index (χ0) is 17.4. The summed E-state index contributed by atoms with van der Waals surface area (Å²) in [5.74, 6) is 0.356. The molecule has 0 radical (unpaired) electrons. The zero-order valence-corrected chi connectivity index (χ0v) is 15.7. The summed E-state index contributed by atoms with van der Waals surface area (Å²) in [6.07, 6.45) is 0.551. The Morgan fingerprint density at radius 1 is 1.13 bits per heavy atom. The predicted octanol–water partition coefficient (Wildman–Crippen LogP) is 4.23. The summed E-state index contributed by atoms with van der Waals surface area (Å²) in [6, 6.07) is 5.24. The SMILES string of the molecule is CCCS(=O)(=O)c1c(C)c(C)n(Cc2cc(Cl)cc(Cl)c2)c1N. The van der Waals surface area contributed by atoms with Crippen molar-refractivity contribution in [1.82, 2.24) is 4.57 Å². The second-order valence-corrected chi connectivity index (χ2v) is 8.53. The molecular weight excluding hydrogens is 355 g/mol. The summed E-state index contributed by atoms with van der Waals surface area (Å²) in [5.41, 5.74) is 8.56. The molecule has 0 saturated heterocycles. The van der Waals surface area contributed by atoms with Crippen molar-refractivity contribution in [3.63, 3.8) is 0 Å². The summed E-state index contributed by atoms with van der Waals surface area (Å²) < 4.78 is 26.7. The van der Waals surface area contributed by atoms with Gasteiger partial charge in [0.15, 0.2) is 9.84 Å². The Hall–Kier alpha value is -1.17. The minimum absolute atomic E-state index is 0.0878. The Balaban J connectivity index is 2.53. The Labute approximate surface area is 147 Å². The maximum atomic E-state index is 12.5. The number of benzene rings is 1. The summed E-state index contributed by atoms with van der Waals surface area (Å²) in [4.78, 5) is 0.241. The van der Waals surface area contributed by atoms with E-state index in [2.05, 4.69) is 0 Å². The predicted molar refractivity (Wildman–Crippen MR) is 96.2 cm³/mol. The van der Waals surface area contributed by atoms with Crippen molar-refractivity contribution >= 4 is 38.9 Å². The van der Waals surface area contributed by atoms with Crippen LogP contribution >= 0.6 is 23.2 Å². The molecule has 0 amide bonds. The van der Waals surface area contributed by atoms with E-state index in [1.54, 1.807) is 29.7 Å². The van der Waals surface area contributed by atoms with Gasteiger partial charge in [0.1, 0.15) is 10.7 Å². The normalized spacial score (nSPS) is 11.9. The highest BCUT2D eigenvalue weighted by atomic mass is 35.5. The van der Waals surface area contributed by atoms with E-state index in [9.17, 15) is 8.42 Å². The molecule has 126 valence electrons. The first-order chi connectivity index (χ1) is 10.7. The van der Waals surface area contributed by atoms with E-state index in [0.717, 1.165) is 11.3 Å². The monoisotopic (exact) mass is 374 g/mol. The van der Waals surface area contributed by atoms with E-state index in [4.69, 9.17) is 28.9 Å². The van der Waals surface area contributed by atoms with Gasteiger partial charge in [0, 0.05) is 22.3 Å². The van der Waals surface area contributed by atoms with Crippen LogP contribution in [-0.4, -0.2) is 18.7 Å². The molecule has 2 aromatic rings. The number of rotatable bonds is 5. The molecule has 4 nitrogen and oxygen atoms in total. The van der Waals surface area contributed by atoms with Crippen molar-refractivity contribution in [2.24, 2.45) is 0 Å². The first-order valence-corrected chi connectivity index (χ1v) is 9.71. The summed E-state index contributed by atoms with van der Waals surface area (Å²) in [7, 11) is -3.38. The molecular formula is C16H20Cl2N2O2S. The lowest BCUT2D eigenvalue weighted by molar-refractivity contribution is 0.594. The number of sulfone groups is 1. The number of aromatic nitrogens is 1. The minimum atomic E-state index is -3.38. The van der Waals surface area contributed by atoms with Crippen molar-refractivity contribution in [3.05, 3.63) is 45.1 Å². The van der Waals surface area contributed by atoms with E-state index in [1.807, 2.05) is 13.8 Å². The van der Waals surface area contributed by atoms with Crippen LogP contribution < -0.4 is 5.73 Å². The van der Waals surface area contributed by atoms with E-state index < -0.39 is 9.84 Å². The van der Waals surface area contributed by atoms with Crippen LogP contribution in [0.25, 0.3) is 0 Å². The molecule has 0 spiro atoms. The minimum Gasteiger partial charge on any atom is -0.384 e. The smallest absolute Gasteiger partial charge is 0.182 e. The highest BCUT2D eigenvalue weighted by Crippen LogP contribution is 2.31. The van der Waals surface area contributed by atoms with Gasteiger partial charge in [-0.3, -0.25) is 0 Å². The van der Waals surface area contributed by atoms with Gasteiger partial charge in [-0.15, -0.1) is 0 Å². The molecule has 2 N–H and O–H groups in total. The lowest BCUT2D eigenvalue weighted by Crippen LogP contribution is -2.11. The molecule has 1 heterocycles. The van der Waals surface area contributed by atoms with Crippen molar-refractivity contribution in [3.8, 4) is 0 Å². The highest BCUT2D eigenvalue weighted by Gasteiger charge is 2.25. The van der Waals surface area contributed by atoms with Gasteiger partial charge < -0.3 is 10.3 Å². The number of hydrogen-bond acceptors (Lipinski definition) is 3. The van der Waals surface area contributed by atoms with Crippen LogP contribution in [0.5, 0.6) is 0 Å². The Morgan fingerprint density at radius 3 is 2.22 bits per heavy atom. The van der Waals surface area contributed by atoms with Crippen LogP contribution in [0.2, 0.25) is 10.0 Å². The number of anilines is 1. The molecule has 23 heavy (non-hydrogen) atoms. The first kappa shape index (κ1) is 18.2. The maximum Gasteiger partial charge on any atom is 0.182 e. The van der Waals surface area contributed by atoms with Gasteiger partial charge in [-0.05, 0) is 49.6 Å². The summed E-state index contributed by atoms with van der Waals surface area (Å²) in [6.45, 7) is 5.90.